The first-order chi connectivity index (χ1) is 13.0. The summed E-state index contributed by atoms with van der Waals surface area (Å²) in [6.45, 7) is 6.02. The number of nitrogens with one attached hydrogen (secondary N) is 1. The molecule has 3 rings (SSSR count). The Labute approximate surface area is 160 Å². The second kappa shape index (κ2) is 8.12. The van der Waals surface area contributed by atoms with Gasteiger partial charge >= 0.3 is 0 Å². The molecule has 0 fully saturated rings. The number of nitrogens with two attached hydrogens (primary N) is 1. The minimum absolute atomic E-state index is 0.237. The van der Waals surface area contributed by atoms with Crippen LogP contribution in [0.2, 0.25) is 0 Å². The second-order valence-electron chi connectivity index (χ2n) is 5.71. The SMILES string of the molecule is CCOc1ccc(-c2nnc(S[C@@H](C)C(=O)Nc3cc(C)on3)n2N)cc1. The van der Waals surface area contributed by atoms with Gasteiger partial charge in [0.15, 0.2) is 11.6 Å². The molecule has 27 heavy (non-hydrogen) atoms. The van der Waals surface area contributed by atoms with Crippen molar-refractivity contribution in [3.63, 3.8) is 0 Å². The summed E-state index contributed by atoms with van der Waals surface area (Å²) in [4.78, 5) is 12.3. The standard InChI is InChI=1S/C17H20N6O3S/c1-4-25-13-7-5-12(6-8-13)15-20-21-17(23(15)18)27-11(3)16(24)19-14-9-10(2)26-22-14/h5-9,11H,4,18H2,1-3H3,(H,19,22,24)/t11-/m0/s1. The van der Waals surface area contributed by atoms with E-state index in [0.717, 1.165) is 11.3 Å². The monoisotopic (exact) mass is 388 g/mol. The Morgan fingerprint density at radius 3 is 2.74 bits per heavy atom. The average Bonchev–Trinajstić information content (AvgIpc) is 3.22. The molecular formula is C17H20N6O3S. The van der Waals surface area contributed by atoms with Gasteiger partial charge in [0, 0.05) is 11.6 Å². The molecule has 2 heterocycles. The quantitative estimate of drug-likeness (QED) is 0.468. The Balaban J connectivity index is 1.68. The van der Waals surface area contributed by atoms with Crippen molar-refractivity contribution >= 4 is 23.5 Å². The lowest BCUT2D eigenvalue weighted by atomic mass is 10.2. The summed E-state index contributed by atoms with van der Waals surface area (Å²) in [7, 11) is 0. The van der Waals surface area contributed by atoms with E-state index >= 15 is 0 Å². The van der Waals surface area contributed by atoms with Gasteiger partial charge < -0.3 is 20.4 Å². The van der Waals surface area contributed by atoms with E-state index in [0.29, 0.717) is 29.2 Å². The molecule has 3 N–H and O–H groups in total. The van der Waals surface area contributed by atoms with Gasteiger partial charge in [-0.2, -0.15) is 0 Å². The number of anilines is 1. The largest absolute Gasteiger partial charge is 0.494 e. The highest BCUT2D eigenvalue weighted by molar-refractivity contribution is 8.00. The number of rotatable bonds is 7. The number of carbonyl (C=O) groups is 1. The topological polar surface area (TPSA) is 121 Å². The second-order valence-corrected chi connectivity index (χ2v) is 7.01. The van der Waals surface area contributed by atoms with Crippen LogP contribution in [0.15, 0.2) is 40.0 Å². The van der Waals surface area contributed by atoms with Crippen LogP contribution in [0.4, 0.5) is 5.82 Å². The van der Waals surface area contributed by atoms with Gasteiger partial charge in [-0.3, -0.25) is 4.79 Å². The van der Waals surface area contributed by atoms with E-state index in [1.807, 2.05) is 31.2 Å². The zero-order valence-electron chi connectivity index (χ0n) is 15.2. The van der Waals surface area contributed by atoms with Gasteiger partial charge in [0.1, 0.15) is 11.5 Å². The molecule has 1 aromatic carbocycles. The van der Waals surface area contributed by atoms with Crippen LogP contribution < -0.4 is 15.9 Å². The fourth-order valence-corrected chi connectivity index (χ4v) is 3.06. The molecule has 0 aliphatic heterocycles. The van der Waals surface area contributed by atoms with Crippen LogP contribution >= 0.6 is 11.8 Å². The summed E-state index contributed by atoms with van der Waals surface area (Å²) >= 11 is 1.20. The first-order valence-electron chi connectivity index (χ1n) is 8.32. The number of benzene rings is 1. The number of amides is 1. The first kappa shape index (κ1) is 18.8. The number of thioether (sulfide) groups is 1. The third-order valence-electron chi connectivity index (χ3n) is 3.62. The van der Waals surface area contributed by atoms with Crippen LogP contribution in [0.1, 0.15) is 19.6 Å². The Morgan fingerprint density at radius 2 is 2.11 bits per heavy atom. The fraction of sp³-hybridized carbons (Fsp3) is 0.294. The van der Waals surface area contributed by atoms with Gasteiger partial charge in [0.25, 0.3) is 0 Å². The Morgan fingerprint density at radius 1 is 1.37 bits per heavy atom. The zero-order valence-corrected chi connectivity index (χ0v) is 16.0. The summed E-state index contributed by atoms with van der Waals surface area (Å²) in [5.41, 5.74) is 0.801. The molecule has 10 heteroatoms. The van der Waals surface area contributed by atoms with Crippen LogP contribution in [0.5, 0.6) is 5.75 Å². The Hall–Kier alpha value is -3.01. The number of hydrogen-bond acceptors (Lipinski definition) is 8. The third kappa shape index (κ3) is 4.40. The highest BCUT2D eigenvalue weighted by Crippen LogP contribution is 2.26. The molecule has 1 amide bonds. The Kier molecular flexibility index (Phi) is 5.65. The maximum atomic E-state index is 12.3. The van der Waals surface area contributed by atoms with E-state index < -0.39 is 5.25 Å². The van der Waals surface area contributed by atoms with Crippen molar-refractivity contribution in [2.24, 2.45) is 0 Å². The molecule has 142 valence electrons. The third-order valence-corrected chi connectivity index (χ3v) is 4.68. The lowest BCUT2D eigenvalue weighted by Crippen LogP contribution is -2.23. The van der Waals surface area contributed by atoms with Gasteiger partial charge in [0.05, 0.1) is 11.9 Å². The molecule has 0 spiro atoms. The summed E-state index contributed by atoms with van der Waals surface area (Å²) in [6, 6.07) is 9.04. The van der Waals surface area contributed by atoms with Crippen LogP contribution in [0.25, 0.3) is 11.4 Å². The highest BCUT2D eigenvalue weighted by atomic mass is 32.2. The first-order valence-corrected chi connectivity index (χ1v) is 9.20. The number of aromatic nitrogens is 4. The molecular weight excluding hydrogens is 368 g/mol. The minimum atomic E-state index is -0.457. The minimum Gasteiger partial charge on any atom is -0.494 e. The molecule has 0 saturated heterocycles. The van der Waals surface area contributed by atoms with Crippen LogP contribution in [0, 0.1) is 6.92 Å². The number of aryl methyl sites for hydroxylation is 1. The smallest absolute Gasteiger partial charge is 0.238 e. The maximum Gasteiger partial charge on any atom is 0.238 e. The van der Waals surface area contributed by atoms with E-state index in [1.165, 1.54) is 16.4 Å². The van der Waals surface area contributed by atoms with Gasteiger partial charge in [-0.15, -0.1) is 10.2 Å². The van der Waals surface area contributed by atoms with Crippen molar-refractivity contribution in [3.8, 4) is 17.1 Å². The van der Waals surface area contributed by atoms with Crippen molar-refractivity contribution in [1.82, 2.24) is 20.0 Å². The van der Waals surface area contributed by atoms with Crippen LogP contribution in [-0.4, -0.2) is 37.8 Å². The van der Waals surface area contributed by atoms with Gasteiger partial charge in [-0.25, -0.2) is 4.68 Å². The fourth-order valence-electron chi connectivity index (χ4n) is 2.29. The predicted molar refractivity (Wildman–Crippen MR) is 102 cm³/mol. The predicted octanol–water partition coefficient (Wildman–Crippen LogP) is 2.47. The highest BCUT2D eigenvalue weighted by Gasteiger charge is 2.21. The lowest BCUT2D eigenvalue weighted by Gasteiger charge is -2.10. The normalized spacial score (nSPS) is 12.0. The molecule has 0 aliphatic carbocycles. The van der Waals surface area contributed by atoms with E-state index in [1.54, 1.807) is 19.9 Å². The van der Waals surface area contributed by atoms with Crippen molar-refractivity contribution in [2.75, 3.05) is 17.8 Å². The molecule has 2 aromatic heterocycles. The molecule has 0 unspecified atom stereocenters. The van der Waals surface area contributed by atoms with Gasteiger partial charge in [-0.1, -0.05) is 16.9 Å². The van der Waals surface area contributed by atoms with Crippen LogP contribution in [-0.2, 0) is 4.79 Å². The van der Waals surface area contributed by atoms with Crippen molar-refractivity contribution in [1.29, 1.82) is 0 Å². The van der Waals surface area contributed by atoms with E-state index in [4.69, 9.17) is 15.1 Å². The zero-order chi connectivity index (χ0) is 19.4. The maximum absolute atomic E-state index is 12.3. The van der Waals surface area contributed by atoms with Gasteiger partial charge in [-0.05, 0) is 45.0 Å². The molecule has 0 aliphatic rings. The van der Waals surface area contributed by atoms with E-state index in [9.17, 15) is 4.79 Å². The Bertz CT molecular complexity index is 921. The van der Waals surface area contributed by atoms with Crippen LogP contribution in [0.3, 0.4) is 0 Å². The van der Waals surface area contributed by atoms with Gasteiger partial charge in [0.2, 0.25) is 11.1 Å². The average molecular weight is 388 g/mol. The summed E-state index contributed by atoms with van der Waals surface area (Å²) in [5, 5.41) is 14.6. The van der Waals surface area contributed by atoms with Crippen molar-refractivity contribution in [3.05, 3.63) is 36.1 Å². The molecule has 0 radical (unpaired) electrons. The number of carbonyl (C=O) groups excluding carboxylic acids is 1. The number of ether oxygens (including phenoxy) is 1. The molecule has 0 bridgehead atoms. The number of hydrogen-bond donors (Lipinski definition) is 2. The lowest BCUT2D eigenvalue weighted by molar-refractivity contribution is -0.115. The molecule has 0 saturated carbocycles. The van der Waals surface area contributed by atoms with Crippen molar-refractivity contribution in [2.45, 2.75) is 31.2 Å². The summed E-state index contributed by atoms with van der Waals surface area (Å²) in [5.74, 6) is 8.14. The van der Waals surface area contributed by atoms with E-state index in [-0.39, 0.29) is 5.91 Å². The molecule has 9 nitrogen and oxygen atoms in total. The molecule has 3 aromatic rings. The number of nitrogens with zero attached hydrogens (tertiary/aromatic N) is 4. The molecule has 1 atom stereocenters. The van der Waals surface area contributed by atoms with E-state index in [2.05, 4.69) is 20.7 Å². The number of nitrogen functional groups attached to an aromatic ring is 1. The van der Waals surface area contributed by atoms with Crippen molar-refractivity contribution < 1.29 is 14.1 Å². The summed E-state index contributed by atoms with van der Waals surface area (Å²) in [6.07, 6.45) is 0. The summed E-state index contributed by atoms with van der Waals surface area (Å²) < 4.78 is 11.7.